The minimum absolute atomic E-state index is 0.179. The minimum atomic E-state index is -0.382. The second-order valence-corrected chi connectivity index (χ2v) is 9.69. The van der Waals surface area contributed by atoms with Crippen LogP contribution >= 0.6 is 34.8 Å². The summed E-state index contributed by atoms with van der Waals surface area (Å²) in [7, 11) is 1.60. The van der Waals surface area contributed by atoms with Crippen LogP contribution in [0.5, 0.6) is 0 Å². The molecule has 35 heavy (non-hydrogen) atoms. The molecule has 2 unspecified atom stereocenters. The van der Waals surface area contributed by atoms with Crippen molar-refractivity contribution >= 4 is 57.5 Å². The van der Waals surface area contributed by atoms with Crippen molar-refractivity contribution in [2.75, 3.05) is 25.6 Å². The number of rotatable bonds is 10. The third-order valence-electron chi connectivity index (χ3n) is 6.23. The maximum Gasteiger partial charge on any atom is 0.176 e. The van der Waals surface area contributed by atoms with Gasteiger partial charge in [0.05, 0.1) is 24.4 Å². The van der Waals surface area contributed by atoms with Gasteiger partial charge in [-0.2, -0.15) is 0 Å². The molecule has 1 aliphatic carbocycles. The second kappa shape index (κ2) is 11.8. The first-order valence-electron chi connectivity index (χ1n) is 11.5. The van der Waals surface area contributed by atoms with Crippen molar-refractivity contribution in [3.63, 3.8) is 0 Å². The highest BCUT2D eigenvalue weighted by molar-refractivity contribution is 6.33. The van der Waals surface area contributed by atoms with E-state index in [-0.39, 0.29) is 18.2 Å². The fourth-order valence-electron chi connectivity index (χ4n) is 4.42. The number of imidazole rings is 1. The van der Waals surface area contributed by atoms with Gasteiger partial charge in [0, 0.05) is 48.3 Å². The molecule has 4 rings (SSSR count). The molecule has 0 bridgehead atoms. The fraction of sp³-hybridized carbons (Fsp3) is 0.458. The number of hydrogen-bond donors (Lipinski definition) is 2. The predicted molar refractivity (Wildman–Crippen MR) is 142 cm³/mol. The number of aromatic nitrogens is 3. The molecule has 0 spiro atoms. The Labute approximate surface area is 219 Å². The average Bonchev–Trinajstić information content (AvgIpc) is 3.49. The fourth-order valence-corrected chi connectivity index (χ4v) is 4.98. The third kappa shape index (κ3) is 6.19. The number of ether oxygens (including phenoxy) is 2. The lowest BCUT2D eigenvalue weighted by Gasteiger charge is -2.16. The number of aliphatic imine (C=N–C) groups is 1. The summed E-state index contributed by atoms with van der Waals surface area (Å²) < 4.78 is 12.8. The molecule has 2 heterocycles. The molecule has 1 saturated carbocycles. The number of nitrogens with one attached hydrogen (secondary N) is 1. The zero-order valence-electron chi connectivity index (χ0n) is 19.7. The first-order valence-corrected chi connectivity index (χ1v) is 12.7. The van der Waals surface area contributed by atoms with Crippen LogP contribution in [-0.4, -0.2) is 46.9 Å². The maximum atomic E-state index is 6.38. The van der Waals surface area contributed by atoms with Gasteiger partial charge in [0.2, 0.25) is 0 Å². The lowest BCUT2D eigenvalue weighted by atomic mass is 10.1. The molecule has 1 aliphatic rings. The van der Waals surface area contributed by atoms with E-state index in [9.17, 15) is 0 Å². The van der Waals surface area contributed by atoms with Crippen LogP contribution in [-0.2, 0) is 16.0 Å². The Hall–Kier alpha value is -2.10. The minimum Gasteiger partial charge on any atom is -0.387 e. The van der Waals surface area contributed by atoms with E-state index >= 15 is 0 Å². The number of hydrogen-bond acceptors (Lipinski definition) is 6. The second-order valence-electron chi connectivity index (χ2n) is 8.46. The van der Waals surface area contributed by atoms with Gasteiger partial charge in [-0.15, -0.1) is 0 Å². The van der Waals surface area contributed by atoms with Crippen molar-refractivity contribution in [3.8, 4) is 0 Å². The van der Waals surface area contributed by atoms with E-state index in [1.807, 2.05) is 19.3 Å². The molecule has 2 aromatic heterocycles. The van der Waals surface area contributed by atoms with Crippen molar-refractivity contribution in [3.05, 3.63) is 51.4 Å². The first kappa shape index (κ1) is 26.0. The lowest BCUT2D eigenvalue weighted by molar-refractivity contribution is -0.112. The van der Waals surface area contributed by atoms with Gasteiger partial charge in [-0.1, -0.05) is 34.8 Å². The van der Waals surface area contributed by atoms with E-state index in [4.69, 9.17) is 50.0 Å². The van der Waals surface area contributed by atoms with E-state index in [0.29, 0.717) is 40.7 Å². The van der Waals surface area contributed by atoms with Gasteiger partial charge in [0.25, 0.3) is 0 Å². The topological polar surface area (TPSA) is 99.6 Å². The molecular weight excluding hydrogens is 511 g/mol. The molecule has 0 amide bonds. The number of fused-ring (bicyclic) bond motifs is 1. The van der Waals surface area contributed by atoms with Gasteiger partial charge in [0.15, 0.2) is 11.9 Å². The van der Waals surface area contributed by atoms with Crippen LogP contribution in [0, 0.1) is 5.92 Å². The highest BCUT2D eigenvalue weighted by atomic mass is 35.5. The van der Waals surface area contributed by atoms with Crippen LogP contribution in [0.4, 0.5) is 5.69 Å². The normalized spacial score (nSPS) is 19.4. The lowest BCUT2D eigenvalue weighted by Crippen LogP contribution is -2.26. The largest absolute Gasteiger partial charge is 0.387 e. The van der Waals surface area contributed by atoms with Crippen molar-refractivity contribution < 1.29 is 9.47 Å². The summed E-state index contributed by atoms with van der Waals surface area (Å²) in [5, 5.41) is 5.03. The summed E-state index contributed by atoms with van der Waals surface area (Å²) in [4.78, 5) is 13.7. The van der Waals surface area contributed by atoms with Crippen molar-refractivity contribution in [2.45, 2.75) is 45.1 Å². The van der Waals surface area contributed by atoms with E-state index in [1.54, 1.807) is 25.3 Å². The van der Waals surface area contributed by atoms with E-state index in [1.165, 1.54) is 0 Å². The van der Waals surface area contributed by atoms with Crippen LogP contribution in [0.25, 0.3) is 11.2 Å². The van der Waals surface area contributed by atoms with Gasteiger partial charge in [0.1, 0.15) is 10.7 Å². The van der Waals surface area contributed by atoms with Crippen LogP contribution in [0.2, 0.25) is 15.2 Å². The van der Waals surface area contributed by atoms with Gasteiger partial charge < -0.3 is 25.1 Å². The van der Waals surface area contributed by atoms with Crippen LogP contribution in [0.3, 0.4) is 0 Å². The zero-order chi connectivity index (χ0) is 24.9. The van der Waals surface area contributed by atoms with Gasteiger partial charge in [-0.3, -0.25) is 4.99 Å². The first-order chi connectivity index (χ1) is 16.9. The molecule has 11 heteroatoms. The van der Waals surface area contributed by atoms with Crippen molar-refractivity contribution in [1.29, 1.82) is 0 Å². The quantitative estimate of drug-likeness (QED) is 0.148. The summed E-state index contributed by atoms with van der Waals surface area (Å²) in [5.74, 6) is 0.809. The van der Waals surface area contributed by atoms with Crippen molar-refractivity contribution in [1.82, 2.24) is 14.5 Å². The zero-order valence-corrected chi connectivity index (χ0v) is 21.9. The summed E-state index contributed by atoms with van der Waals surface area (Å²) in [6, 6.07) is 7.35. The summed E-state index contributed by atoms with van der Waals surface area (Å²) in [6.07, 6.45) is 4.17. The molecule has 3 aromatic rings. The Morgan fingerprint density at radius 3 is 2.89 bits per heavy atom. The van der Waals surface area contributed by atoms with Crippen LogP contribution in [0.1, 0.15) is 37.8 Å². The molecule has 0 saturated heterocycles. The van der Waals surface area contributed by atoms with E-state index in [0.717, 1.165) is 41.7 Å². The number of nitrogens with zero attached hydrogens (tertiary/aromatic N) is 4. The molecule has 1 aromatic carbocycles. The van der Waals surface area contributed by atoms with Crippen LogP contribution < -0.4 is 11.1 Å². The summed E-state index contributed by atoms with van der Waals surface area (Å²) >= 11 is 18.8. The Balaban J connectivity index is 1.49. The average molecular weight is 540 g/mol. The van der Waals surface area contributed by atoms with Crippen LogP contribution in [0.15, 0.2) is 35.6 Å². The van der Waals surface area contributed by atoms with Gasteiger partial charge in [-0.05, 0) is 49.9 Å². The molecule has 0 aliphatic heterocycles. The summed E-state index contributed by atoms with van der Waals surface area (Å²) in [5.41, 5.74) is 9.46. The highest BCUT2D eigenvalue weighted by Crippen LogP contribution is 2.37. The Morgan fingerprint density at radius 1 is 1.29 bits per heavy atom. The molecule has 3 atom stereocenters. The Kier molecular flexibility index (Phi) is 8.73. The Bertz CT molecular complexity index is 1200. The monoisotopic (exact) mass is 538 g/mol. The molecule has 188 valence electrons. The number of methoxy groups -OCH3 is 1. The molecule has 8 nitrogen and oxygen atoms in total. The molecule has 1 fully saturated rings. The molecular formula is C24H29Cl3N6O2. The van der Waals surface area contributed by atoms with E-state index < -0.39 is 0 Å². The number of anilines is 1. The predicted octanol–water partition coefficient (Wildman–Crippen LogP) is 5.71. The summed E-state index contributed by atoms with van der Waals surface area (Å²) in [6.45, 7) is 3.34. The number of benzene rings is 1. The Morgan fingerprint density at radius 2 is 2.11 bits per heavy atom. The number of nitrogens with two attached hydrogens (primary N) is 1. The van der Waals surface area contributed by atoms with Gasteiger partial charge in [-0.25, -0.2) is 9.97 Å². The smallest absolute Gasteiger partial charge is 0.176 e. The van der Waals surface area contributed by atoms with Gasteiger partial charge >= 0.3 is 0 Å². The number of pyridine rings is 1. The SMILES string of the molecule is CCOC(CN=C(N)[C@@H]1CCC(n2cnc3c(NCc4cc(Cl)ccc4Cl)cc(Cl)nc32)C1)OC. The third-order valence-corrected chi connectivity index (χ3v) is 7.03. The molecule has 0 radical (unpaired) electrons. The van der Waals surface area contributed by atoms with Crippen molar-refractivity contribution in [2.24, 2.45) is 16.6 Å². The maximum absolute atomic E-state index is 6.38. The molecule has 3 N–H and O–H groups in total. The van der Waals surface area contributed by atoms with E-state index in [2.05, 4.69) is 24.8 Å². The number of amidine groups is 1. The standard InChI is InChI=1S/C24H29Cl3N6O2/c1-3-35-21(34-2)12-30-23(28)14-4-6-17(9-14)33-13-31-22-19(10-20(27)32-24(22)33)29-11-15-8-16(25)5-7-18(15)26/h5,7-8,10,13-14,17,21H,3-4,6,9,11-12H2,1-2H3,(H2,28,30)(H,29,32)/t14-,17?,21?/m1/s1. The highest BCUT2D eigenvalue weighted by Gasteiger charge is 2.30. The number of halogens is 3.